The number of carbonyl (C=O) groups is 1. The molecular weight excluding hydrogens is 256 g/mol. The number of carbonyl (C=O) groups excluding carboxylic acids is 1. The summed E-state index contributed by atoms with van der Waals surface area (Å²) in [6, 6.07) is 0.454. The number of hydrogen-bond donors (Lipinski definition) is 1. The zero-order chi connectivity index (χ0) is 13.4. The fourth-order valence-electron chi connectivity index (χ4n) is 2.60. The van der Waals surface area contributed by atoms with Crippen molar-refractivity contribution in [1.82, 2.24) is 10.3 Å². The highest BCUT2D eigenvalue weighted by molar-refractivity contribution is 7.09. The van der Waals surface area contributed by atoms with Gasteiger partial charge in [-0.15, -0.1) is 11.3 Å². The molecule has 2 fully saturated rings. The quantitative estimate of drug-likeness (QED) is 0.868. The molecule has 0 spiro atoms. The van der Waals surface area contributed by atoms with Crippen LogP contribution in [0.3, 0.4) is 0 Å². The Hall–Kier alpha value is -0.900. The highest BCUT2D eigenvalue weighted by atomic mass is 32.1. The lowest BCUT2D eigenvalue weighted by molar-refractivity contribution is -0.121. The molecule has 3 nitrogen and oxygen atoms in total. The SMILES string of the molecule is CC(C)c1nc(CC(=O)NC(C2CC2)C2CC2)cs1. The molecule has 1 heterocycles. The summed E-state index contributed by atoms with van der Waals surface area (Å²) in [6.07, 6.45) is 5.65. The van der Waals surface area contributed by atoms with Crippen molar-refractivity contribution >= 4 is 17.2 Å². The Morgan fingerprint density at radius 2 is 2.00 bits per heavy atom. The van der Waals surface area contributed by atoms with E-state index in [1.165, 1.54) is 25.7 Å². The number of nitrogens with one attached hydrogen (secondary N) is 1. The van der Waals surface area contributed by atoms with Crippen molar-refractivity contribution in [1.29, 1.82) is 0 Å². The van der Waals surface area contributed by atoms with Gasteiger partial charge in [0.25, 0.3) is 0 Å². The number of thiazole rings is 1. The van der Waals surface area contributed by atoms with Crippen molar-refractivity contribution in [3.63, 3.8) is 0 Å². The molecule has 0 aromatic carbocycles. The van der Waals surface area contributed by atoms with Gasteiger partial charge in [0, 0.05) is 17.3 Å². The van der Waals surface area contributed by atoms with Gasteiger partial charge in [0.2, 0.25) is 5.91 Å². The summed E-state index contributed by atoms with van der Waals surface area (Å²) in [4.78, 5) is 16.7. The Morgan fingerprint density at radius 1 is 1.37 bits per heavy atom. The molecule has 0 unspecified atom stereocenters. The molecule has 19 heavy (non-hydrogen) atoms. The Kier molecular flexibility index (Phi) is 3.61. The van der Waals surface area contributed by atoms with E-state index in [1.807, 2.05) is 5.38 Å². The van der Waals surface area contributed by atoms with Crippen LogP contribution in [-0.4, -0.2) is 16.9 Å². The van der Waals surface area contributed by atoms with Gasteiger partial charge in [0.15, 0.2) is 0 Å². The third-order valence-electron chi connectivity index (χ3n) is 3.99. The van der Waals surface area contributed by atoms with Crippen molar-refractivity contribution in [2.75, 3.05) is 0 Å². The predicted octanol–water partition coefficient (Wildman–Crippen LogP) is 3.11. The van der Waals surface area contributed by atoms with Crippen molar-refractivity contribution < 1.29 is 4.79 Å². The van der Waals surface area contributed by atoms with Crippen LogP contribution < -0.4 is 5.32 Å². The zero-order valence-electron chi connectivity index (χ0n) is 11.7. The van der Waals surface area contributed by atoms with Crippen LogP contribution in [-0.2, 0) is 11.2 Å². The number of nitrogens with zero attached hydrogens (tertiary/aromatic N) is 1. The lowest BCUT2D eigenvalue weighted by atomic mass is 10.1. The average Bonchev–Trinajstić information content (AvgIpc) is 3.26. The van der Waals surface area contributed by atoms with Gasteiger partial charge in [-0.05, 0) is 37.5 Å². The van der Waals surface area contributed by atoms with E-state index >= 15 is 0 Å². The fourth-order valence-corrected chi connectivity index (χ4v) is 3.44. The molecule has 1 amide bonds. The number of aromatic nitrogens is 1. The van der Waals surface area contributed by atoms with Gasteiger partial charge < -0.3 is 5.32 Å². The smallest absolute Gasteiger partial charge is 0.226 e. The Morgan fingerprint density at radius 3 is 2.47 bits per heavy atom. The minimum atomic E-state index is 0.157. The largest absolute Gasteiger partial charge is 0.352 e. The van der Waals surface area contributed by atoms with Crippen LogP contribution in [0.4, 0.5) is 0 Å². The standard InChI is InChI=1S/C15H22N2OS/c1-9(2)15-16-12(8-19-15)7-13(18)17-14(10-3-4-10)11-5-6-11/h8-11,14H,3-7H2,1-2H3,(H,17,18). The van der Waals surface area contributed by atoms with Gasteiger partial charge in [0.1, 0.15) is 0 Å². The zero-order valence-corrected chi connectivity index (χ0v) is 12.5. The second-order valence-electron chi connectivity index (χ2n) is 6.28. The van der Waals surface area contributed by atoms with Gasteiger partial charge in [-0.25, -0.2) is 4.98 Å². The molecule has 0 saturated heterocycles. The molecule has 0 radical (unpaired) electrons. The van der Waals surface area contributed by atoms with Gasteiger partial charge >= 0.3 is 0 Å². The molecule has 0 bridgehead atoms. The number of hydrogen-bond acceptors (Lipinski definition) is 3. The van der Waals surface area contributed by atoms with E-state index in [4.69, 9.17) is 0 Å². The summed E-state index contributed by atoms with van der Waals surface area (Å²) >= 11 is 1.66. The molecule has 2 aliphatic rings. The summed E-state index contributed by atoms with van der Waals surface area (Å²) in [7, 11) is 0. The molecule has 104 valence electrons. The highest BCUT2D eigenvalue weighted by Crippen LogP contribution is 2.44. The van der Waals surface area contributed by atoms with Gasteiger partial charge in [-0.3, -0.25) is 4.79 Å². The maximum atomic E-state index is 12.1. The van der Waals surface area contributed by atoms with Crippen LogP contribution in [0.5, 0.6) is 0 Å². The monoisotopic (exact) mass is 278 g/mol. The summed E-state index contributed by atoms with van der Waals surface area (Å²) < 4.78 is 0. The first-order chi connectivity index (χ1) is 9.13. The van der Waals surface area contributed by atoms with Crippen molar-refractivity contribution in [2.24, 2.45) is 11.8 Å². The van der Waals surface area contributed by atoms with E-state index in [2.05, 4.69) is 24.1 Å². The summed E-state index contributed by atoms with van der Waals surface area (Å²) in [5, 5.41) is 6.41. The van der Waals surface area contributed by atoms with Gasteiger partial charge in [0.05, 0.1) is 17.1 Å². The first-order valence-electron chi connectivity index (χ1n) is 7.37. The molecule has 1 N–H and O–H groups in total. The Balaban J connectivity index is 1.54. The van der Waals surface area contributed by atoms with Gasteiger partial charge in [-0.1, -0.05) is 13.8 Å². The Labute approximate surface area is 118 Å². The van der Waals surface area contributed by atoms with E-state index in [1.54, 1.807) is 11.3 Å². The molecule has 4 heteroatoms. The first kappa shape index (κ1) is 13.1. The van der Waals surface area contributed by atoms with E-state index in [0.29, 0.717) is 18.4 Å². The maximum Gasteiger partial charge on any atom is 0.226 e. The van der Waals surface area contributed by atoms with Crippen LogP contribution >= 0.6 is 11.3 Å². The summed E-state index contributed by atoms with van der Waals surface area (Å²) in [5.74, 6) is 2.13. The third kappa shape index (κ3) is 3.35. The van der Waals surface area contributed by atoms with Crippen LogP contribution in [0, 0.1) is 11.8 Å². The van der Waals surface area contributed by atoms with Crippen LogP contribution in [0.1, 0.15) is 56.2 Å². The second-order valence-corrected chi connectivity index (χ2v) is 7.17. The minimum Gasteiger partial charge on any atom is -0.352 e. The topological polar surface area (TPSA) is 42.0 Å². The van der Waals surface area contributed by atoms with Crippen LogP contribution in [0.25, 0.3) is 0 Å². The molecule has 0 aliphatic heterocycles. The predicted molar refractivity (Wildman–Crippen MR) is 77.3 cm³/mol. The van der Waals surface area contributed by atoms with Crippen molar-refractivity contribution in [3.05, 3.63) is 16.1 Å². The molecule has 0 atom stereocenters. The van der Waals surface area contributed by atoms with Crippen molar-refractivity contribution in [3.8, 4) is 0 Å². The number of amides is 1. The minimum absolute atomic E-state index is 0.157. The van der Waals surface area contributed by atoms with E-state index < -0.39 is 0 Å². The van der Waals surface area contributed by atoms with Crippen LogP contribution in [0.2, 0.25) is 0 Å². The average molecular weight is 278 g/mol. The van der Waals surface area contributed by atoms with Crippen molar-refractivity contribution in [2.45, 2.75) is 57.9 Å². The summed E-state index contributed by atoms with van der Waals surface area (Å²) in [6.45, 7) is 4.28. The van der Waals surface area contributed by atoms with Gasteiger partial charge in [-0.2, -0.15) is 0 Å². The van der Waals surface area contributed by atoms with E-state index in [-0.39, 0.29) is 5.91 Å². The molecule has 3 rings (SSSR count). The molecule has 1 aromatic heterocycles. The lowest BCUT2D eigenvalue weighted by Gasteiger charge is -2.17. The molecular formula is C15H22N2OS. The molecule has 2 aliphatic carbocycles. The number of rotatable bonds is 6. The Bertz CT molecular complexity index is 448. The van der Waals surface area contributed by atoms with E-state index in [9.17, 15) is 4.79 Å². The molecule has 2 saturated carbocycles. The maximum absolute atomic E-state index is 12.1. The second kappa shape index (κ2) is 5.23. The fraction of sp³-hybridized carbons (Fsp3) is 0.733. The van der Waals surface area contributed by atoms with Crippen LogP contribution in [0.15, 0.2) is 5.38 Å². The van der Waals surface area contributed by atoms with E-state index in [0.717, 1.165) is 22.5 Å². The first-order valence-corrected chi connectivity index (χ1v) is 8.25. The molecule has 1 aromatic rings. The lowest BCUT2D eigenvalue weighted by Crippen LogP contribution is -2.39. The summed E-state index contributed by atoms with van der Waals surface area (Å²) in [5.41, 5.74) is 0.927. The highest BCUT2D eigenvalue weighted by Gasteiger charge is 2.42. The normalized spacial score (nSPS) is 19.2. The third-order valence-corrected chi connectivity index (χ3v) is 5.19.